The van der Waals surface area contributed by atoms with Crippen molar-refractivity contribution in [3.63, 3.8) is 0 Å². The molecular formula is C26H20N4. The van der Waals surface area contributed by atoms with Gasteiger partial charge in [-0.25, -0.2) is 15.0 Å². The van der Waals surface area contributed by atoms with Crippen molar-refractivity contribution in [1.82, 2.24) is 19.5 Å². The van der Waals surface area contributed by atoms with Gasteiger partial charge in [-0.05, 0) is 5.56 Å². The molecule has 0 saturated carbocycles. The Hall–Kier alpha value is -4.05. The highest BCUT2D eigenvalue weighted by Gasteiger charge is 2.15. The molecule has 0 bridgehead atoms. The van der Waals surface area contributed by atoms with Crippen molar-refractivity contribution >= 4 is 0 Å². The second kappa shape index (κ2) is 8.13. The Morgan fingerprint density at radius 3 is 1.73 bits per heavy atom. The molecule has 0 unspecified atom stereocenters. The lowest BCUT2D eigenvalue weighted by Crippen LogP contribution is -2.04. The molecule has 144 valence electrons. The predicted molar refractivity (Wildman–Crippen MR) is 120 cm³/mol. The Morgan fingerprint density at radius 1 is 0.533 bits per heavy atom. The number of aromatic nitrogens is 4. The molecule has 0 saturated heterocycles. The first-order chi connectivity index (χ1) is 14.9. The van der Waals surface area contributed by atoms with Crippen molar-refractivity contribution in [2.45, 2.75) is 6.54 Å². The number of hydrogen-bond donors (Lipinski definition) is 0. The Morgan fingerprint density at radius 2 is 1.10 bits per heavy atom. The monoisotopic (exact) mass is 388 g/mol. The molecule has 4 heteroatoms. The fourth-order valence-electron chi connectivity index (χ4n) is 3.55. The Labute approximate surface area is 175 Å². The van der Waals surface area contributed by atoms with Gasteiger partial charge in [0.15, 0.2) is 5.82 Å². The van der Waals surface area contributed by atoms with Crippen LogP contribution in [0, 0.1) is 0 Å². The Balaban J connectivity index is 1.57. The first-order valence-electron chi connectivity index (χ1n) is 9.91. The van der Waals surface area contributed by atoms with E-state index in [-0.39, 0.29) is 0 Å². The molecule has 30 heavy (non-hydrogen) atoms. The maximum Gasteiger partial charge on any atom is 0.159 e. The Kier molecular flexibility index (Phi) is 4.88. The molecule has 0 radical (unpaired) electrons. The zero-order chi connectivity index (χ0) is 20.2. The number of imidazole rings is 1. The van der Waals surface area contributed by atoms with E-state index in [4.69, 9.17) is 4.98 Å². The van der Waals surface area contributed by atoms with E-state index in [9.17, 15) is 0 Å². The van der Waals surface area contributed by atoms with Crippen molar-refractivity contribution in [1.29, 1.82) is 0 Å². The molecular weight excluding hydrogens is 368 g/mol. The molecule has 0 N–H and O–H groups in total. The molecule has 0 amide bonds. The van der Waals surface area contributed by atoms with Crippen LogP contribution in [0.15, 0.2) is 110 Å². The smallest absolute Gasteiger partial charge is 0.159 e. The van der Waals surface area contributed by atoms with Gasteiger partial charge < -0.3 is 4.57 Å². The highest BCUT2D eigenvalue weighted by atomic mass is 15.1. The summed E-state index contributed by atoms with van der Waals surface area (Å²) in [6, 6.07) is 30.7. The zero-order valence-corrected chi connectivity index (χ0v) is 16.4. The molecule has 0 fully saturated rings. The van der Waals surface area contributed by atoms with Gasteiger partial charge in [0.05, 0.1) is 11.9 Å². The average Bonchev–Trinajstić information content (AvgIpc) is 3.24. The lowest BCUT2D eigenvalue weighted by atomic mass is 10.1. The number of benzene rings is 3. The van der Waals surface area contributed by atoms with Crippen molar-refractivity contribution in [3.8, 4) is 34.0 Å². The molecule has 0 aliphatic rings. The third kappa shape index (κ3) is 3.63. The summed E-state index contributed by atoms with van der Waals surface area (Å²) in [5.41, 5.74) is 5.25. The lowest BCUT2D eigenvalue weighted by molar-refractivity contribution is 0.813. The van der Waals surface area contributed by atoms with Gasteiger partial charge in [-0.15, -0.1) is 0 Å². The van der Waals surface area contributed by atoms with Crippen molar-refractivity contribution < 1.29 is 0 Å². The fraction of sp³-hybridized carbons (Fsp3) is 0.0385. The molecule has 0 spiro atoms. The molecule has 2 heterocycles. The topological polar surface area (TPSA) is 43.6 Å². The van der Waals surface area contributed by atoms with E-state index < -0.39 is 0 Å². The molecule has 0 aliphatic carbocycles. The second-order valence-corrected chi connectivity index (χ2v) is 7.07. The minimum Gasteiger partial charge on any atom is -0.319 e. The van der Waals surface area contributed by atoms with Gasteiger partial charge in [-0.2, -0.15) is 0 Å². The molecule has 3 aromatic carbocycles. The minimum atomic E-state index is 0.719. The largest absolute Gasteiger partial charge is 0.319 e. The van der Waals surface area contributed by atoms with Gasteiger partial charge in [0.2, 0.25) is 0 Å². The Bertz CT molecular complexity index is 1230. The summed E-state index contributed by atoms with van der Waals surface area (Å²) >= 11 is 0. The van der Waals surface area contributed by atoms with Crippen LogP contribution >= 0.6 is 0 Å². The fourth-order valence-corrected chi connectivity index (χ4v) is 3.55. The van der Waals surface area contributed by atoms with E-state index in [1.165, 1.54) is 5.56 Å². The predicted octanol–water partition coefficient (Wildman–Crippen LogP) is 5.72. The van der Waals surface area contributed by atoms with E-state index in [0.717, 1.165) is 40.6 Å². The molecule has 2 aromatic heterocycles. The van der Waals surface area contributed by atoms with E-state index in [0.29, 0.717) is 0 Å². The molecule has 5 rings (SSSR count). The summed E-state index contributed by atoms with van der Waals surface area (Å²) in [7, 11) is 0. The SMILES string of the molecule is c1ccc(Cn2c(-c3cnc(-c4ccccc4)nc3)cnc2-c2ccccc2)cc1. The number of rotatable bonds is 5. The first-order valence-corrected chi connectivity index (χ1v) is 9.91. The van der Waals surface area contributed by atoms with E-state index >= 15 is 0 Å². The van der Waals surface area contributed by atoms with Gasteiger partial charge >= 0.3 is 0 Å². The van der Waals surface area contributed by atoms with Crippen molar-refractivity contribution in [2.75, 3.05) is 0 Å². The highest BCUT2D eigenvalue weighted by Crippen LogP contribution is 2.27. The third-order valence-corrected chi connectivity index (χ3v) is 5.05. The lowest BCUT2D eigenvalue weighted by Gasteiger charge is -2.13. The van der Waals surface area contributed by atoms with Crippen LogP contribution in [0.5, 0.6) is 0 Å². The van der Waals surface area contributed by atoms with E-state index in [1.807, 2.05) is 73.2 Å². The van der Waals surface area contributed by atoms with Crippen LogP contribution in [0.4, 0.5) is 0 Å². The van der Waals surface area contributed by atoms with Crippen LogP contribution in [0.2, 0.25) is 0 Å². The van der Waals surface area contributed by atoms with Crippen LogP contribution in [0.25, 0.3) is 34.0 Å². The van der Waals surface area contributed by atoms with Gasteiger partial charge in [-0.1, -0.05) is 91.0 Å². The number of hydrogen-bond acceptors (Lipinski definition) is 3. The first kappa shape index (κ1) is 18.0. The molecule has 5 aromatic rings. The normalized spacial score (nSPS) is 10.8. The summed E-state index contributed by atoms with van der Waals surface area (Å²) in [6.45, 7) is 0.723. The number of nitrogens with zero attached hydrogens (tertiary/aromatic N) is 4. The molecule has 0 aliphatic heterocycles. The van der Waals surface area contributed by atoms with Gasteiger partial charge in [0.25, 0.3) is 0 Å². The maximum atomic E-state index is 4.75. The van der Waals surface area contributed by atoms with Gasteiger partial charge in [-0.3, -0.25) is 0 Å². The highest BCUT2D eigenvalue weighted by molar-refractivity contribution is 5.66. The summed E-state index contributed by atoms with van der Waals surface area (Å²) in [5.74, 6) is 1.65. The summed E-state index contributed by atoms with van der Waals surface area (Å²) in [5, 5.41) is 0. The average molecular weight is 388 g/mol. The summed E-state index contributed by atoms with van der Waals surface area (Å²) < 4.78 is 2.23. The van der Waals surface area contributed by atoms with E-state index in [2.05, 4.69) is 50.9 Å². The quantitative estimate of drug-likeness (QED) is 0.387. The second-order valence-electron chi connectivity index (χ2n) is 7.07. The van der Waals surface area contributed by atoms with Gasteiger partial charge in [0.1, 0.15) is 5.82 Å². The summed E-state index contributed by atoms with van der Waals surface area (Å²) in [4.78, 5) is 14.0. The van der Waals surface area contributed by atoms with Crippen molar-refractivity contribution in [2.24, 2.45) is 0 Å². The van der Waals surface area contributed by atoms with E-state index in [1.54, 1.807) is 0 Å². The minimum absolute atomic E-state index is 0.719. The van der Waals surface area contributed by atoms with Crippen LogP contribution in [-0.2, 0) is 6.54 Å². The standard InChI is InChI=1S/C26H20N4/c1-4-10-20(11-5-1)19-30-24(18-29-26(30)22-14-8-3-9-15-22)23-16-27-25(28-17-23)21-12-6-2-7-13-21/h1-18H,19H2. The van der Waals surface area contributed by atoms with Crippen molar-refractivity contribution in [3.05, 3.63) is 115 Å². The third-order valence-electron chi connectivity index (χ3n) is 5.05. The van der Waals surface area contributed by atoms with Crippen LogP contribution in [0.1, 0.15) is 5.56 Å². The van der Waals surface area contributed by atoms with Crippen LogP contribution in [-0.4, -0.2) is 19.5 Å². The van der Waals surface area contributed by atoms with Crippen LogP contribution in [0.3, 0.4) is 0 Å². The van der Waals surface area contributed by atoms with Crippen LogP contribution < -0.4 is 0 Å². The zero-order valence-electron chi connectivity index (χ0n) is 16.4. The van der Waals surface area contributed by atoms with Gasteiger partial charge in [0, 0.05) is 35.6 Å². The maximum absolute atomic E-state index is 4.75. The summed E-state index contributed by atoms with van der Waals surface area (Å²) in [6.07, 6.45) is 5.66. The molecule has 0 atom stereocenters. The molecule has 4 nitrogen and oxygen atoms in total.